The molecule has 0 amide bonds. The molecule has 112 valence electrons. The summed E-state index contributed by atoms with van der Waals surface area (Å²) < 4.78 is 1.60. The largest absolute Gasteiger partial charge is 0.341 e. The molecule has 0 bridgehead atoms. The average Bonchev–Trinajstić information content (AvgIpc) is 2.89. The van der Waals surface area contributed by atoms with Gasteiger partial charge in [-0.2, -0.15) is 20.1 Å². The average molecular weight is 307 g/mol. The lowest BCUT2D eigenvalue weighted by Crippen LogP contribution is -2.33. The Bertz CT molecular complexity index is 577. The van der Waals surface area contributed by atoms with Crippen LogP contribution in [-0.4, -0.2) is 37.8 Å². The van der Waals surface area contributed by atoms with E-state index in [2.05, 4.69) is 25.0 Å². The summed E-state index contributed by atoms with van der Waals surface area (Å²) in [6, 6.07) is 2.29. The van der Waals surface area contributed by atoms with Crippen LogP contribution in [0.2, 0.25) is 5.28 Å². The second kappa shape index (κ2) is 6.39. The fourth-order valence-corrected chi connectivity index (χ4v) is 2.94. The minimum Gasteiger partial charge on any atom is -0.341 e. The van der Waals surface area contributed by atoms with Crippen LogP contribution in [0.4, 0.5) is 5.95 Å². The van der Waals surface area contributed by atoms with Crippen LogP contribution in [0.1, 0.15) is 38.5 Å². The number of nitrogens with zero attached hydrogens (tertiary/aromatic N) is 6. The van der Waals surface area contributed by atoms with Gasteiger partial charge in [0.25, 0.3) is 5.95 Å². The zero-order valence-electron chi connectivity index (χ0n) is 12.1. The van der Waals surface area contributed by atoms with Crippen molar-refractivity contribution in [1.82, 2.24) is 24.7 Å². The lowest BCUT2D eigenvalue weighted by atomic mass is 10.1. The minimum absolute atomic E-state index is 0.200. The van der Waals surface area contributed by atoms with Gasteiger partial charge in [0.15, 0.2) is 0 Å². The normalized spacial score (nSPS) is 16.7. The Hall–Kier alpha value is -1.69. The van der Waals surface area contributed by atoms with Crippen molar-refractivity contribution >= 4 is 17.5 Å². The second-order valence-electron chi connectivity index (χ2n) is 5.41. The Kier molecular flexibility index (Phi) is 4.34. The number of anilines is 1. The van der Waals surface area contributed by atoms with Gasteiger partial charge >= 0.3 is 0 Å². The molecule has 2 aromatic heterocycles. The van der Waals surface area contributed by atoms with E-state index in [-0.39, 0.29) is 5.28 Å². The summed E-state index contributed by atoms with van der Waals surface area (Å²) in [6.07, 6.45) is 11.0. The molecule has 2 heterocycles. The smallest absolute Gasteiger partial charge is 0.256 e. The van der Waals surface area contributed by atoms with Gasteiger partial charge in [0.05, 0.1) is 0 Å². The van der Waals surface area contributed by atoms with Gasteiger partial charge in [0, 0.05) is 25.5 Å². The third-order valence-electron chi connectivity index (χ3n) is 3.98. The maximum absolute atomic E-state index is 6.05. The highest BCUT2D eigenvalue weighted by molar-refractivity contribution is 6.28. The summed E-state index contributed by atoms with van der Waals surface area (Å²) in [5.74, 6) is 1.07. The first kappa shape index (κ1) is 14.3. The second-order valence-corrected chi connectivity index (χ2v) is 5.75. The van der Waals surface area contributed by atoms with Crippen molar-refractivity contribution in [3.63, 3.8) is 0 Å². The molecular weight excluding hydrogens is 288 g/mol. The first-order chi connectivity index (χ1) is 10.2. The maximum atomic E-state index is 6.05. The van der Waals surface area contributed by atoms with Crippen molar-refractivity contribution in [2.24, 2.45) is 0 Å². The summed E-state index contributed by atoms with van der Waals surface area (Å²) in [5.41, 5.74) is 0. The summed E-state index contributed by atoms with van der Waals surface area (Å²) in [7, 11) is 2.04. The van der Waals surface area contributed by atoms with Gasteiger partial charge in [0.2, 0.25) is 11.2 Å². The highest BCUT2D eigenvalue weighted by Gasteiger charge is 2.20. The van der Waals surface area contributed by atoms with E-state index in [0.717, 1.165) is 0 Å². The number of aromatic nitrogens is 5. The summed E-state index contributed by atoms with van der Waals surface area (Å²) in [4.78, 5) is 15.0. The zero-order valence-corrected chi connectivity index (χ0v) is 12.9. The van der Waals surface area contributed by atoms with Crippen LogP contribution in [0.25, 0.3) is 5.95 Å². The van der Waals surface area contributed by atoms with Crippen LogP contribution in [0.3, 0.4) is 0 Å². The van der Waals surface area contributed by atoms with E-state index in [1.165, 1.54) is 38.5 Å². The molecule has 1 aliphatic rings. The van der Waals surface area contributed by atoms with Crippen LogP contribution in [0.15, 0.2) is 18.5 Å². The van der Waals surface area contributed by atoms with Gasteiger partial charge in [-0.1, -0.05) is 25.7 Å². The maximum Gasteiger partial charge on any atom is 0.256 e. The number of halogens is 1. The summed E-state index contributed by atoms with van der Waals surface area (Å²) in [6.45, 7) is 0. The van der Waals surface area contributed by atoms with Crippen LogP contribution in [0, 0.1) is 0 Å². The molecule has 1 aliphatic carbocycles. The van der Waals surface area contributed by atoms with Crippen molar-refractivity contribution < 1.29 is 0 Å². The van der Waals surface area contributed by atoms with E-state index in [0.29, 0.717) is 17.9 Å². The molecule has 0 saturated heterocycles. The monoisotopic (exact) mass is 306 g/mol. The van der Waals surface area contributed by atoms with Gasteiger partial charge in [-0.15, -0.1) is 0 Å². The predicted octanol–water partition coefficient (Wildman–Crippen LogP) is 2.87. The predicted molar refractivity (Wildman–Crippen MR) is 81.9 cm³/mol. The van der Waals surface area contributed by atoms with Crippen molar-refractivity contribution in [1.29, 1.82) is 0 Å². The zero-order chi connectivity index (χ0) is 14.7. The summed E-state index contributed by atoms with van der Waals surface area (Å²) >= 11 is 6.05. The topological polar surface area (TPSA) is 59.7 Å². The van der Waals surface area contributed by atoms with E-state index in [1.807, 2.05) is 13.1 Å². The minimum atomic E-state index is 0.200. The van der Waals surface area contributed by atoms with E-state index in [4.69, 9.17) is 11.6 Å². The third-order valence-corrected chi connectivity index (χ3v) is 4.15. The van der Waals surface area contributed by atoms with Crippen molar-refractivity contribution in [2.75, 3.05) is 11.9 Å². The Morgan fingerprint density at radius 1 is 1.14 bits per heavy atom. The molecule has 21 heavy (non-hydrogen) atoms. The Morgan fingerprint density at radius 2 is 1.90 bits per heavy atom. The van der Waals surface area contributed by atoms with Crippen LogP contribution in [0.5, 0.6) is 0 Å². The molecule has 0 aliphatic heterocycles. The molecule has 1 saturated carbocycles. The summed E-state index contributed by atoms with van der Waals surface area (Å²) in [5, 5.41) is 4.34. The number of rotatable bonds is 3. The Balaban J connectivity index is 1.87. The van der Waals surface area contributed by atoms with Crippen molar-refractivity contribution in [3.8, 4) is 5.95 Å². The van der Waals surface area contributed by atoms with Crippen LogP contribution < -0.4 is 4.90 Å². The Morgan fingerprint density at radius 3 is 2.57 bits per heavy atom. The fourth-order valence-electron chi connectivity index (χ4n) is 2.79. The molecule has 0 N–H and O–H groups in total. The molecule has 0 spiro atoms. The van der Waals surface area contributed by atoms with E-state index in [1.54, 1.807) is 17.1 Å². The molecular formula is C14H19ClN6. The molecule has 0 radical (unpaired) electrons. The van der Waals surface area contributed by atoms with Gasteiger partial charge in [-0.05, 0) is 30.5 Å². The SMILES string of the molecule is CN(c1nc(Cl)nc(-n2cccn2)n1)C1CCCCCC1. The fraction of sp³-hybridized carbons (Fsp3) is 0.571. The highest BCUT2D eigenvalue weighted by atomic mass is 35.5. The van der Waals surface area contributed by atoms with Crippen molar-refractivity contribution in [3.05, 3.63) is 23.7 Å². The molecule has 0 atom stereocenters. The van der Waals surface area contributed by atoms with Gasteiger partial charge in [-0.3, -0.25) is 0 Å². The molecule has 7 heteroatoms. The third kappa shape index (κ3) is 3.32. The first-order valence-corrected chi connectivity index (χ1v) is 7.76. The lowest BCUT2D eigenvalue weighted by Gasteiger charge is -2.27. The lowest BCUT2D eigenvalue weighted by molar-refractivity contribution is 0.543. The molecule has 0 unspecified atom stereocenters. The quantitative estimate of drug-likeness (QED) is 0.816. The molecule has 6 nitrogen and oxygen atoms in total. The van der Waals surface area contributed by atoms with Crippen molar-refractivity contribution in [2.45, 2.75) is 44.6 Å². The molecule has 0 aromatic carbocycles. The van der Waals surface area contributed by atoms with Gasteiger partial charge < -0.3 is 4.90 Å². The Labute approximate surface area is 129 Å². The first-order valence-electron chi connectivity index (χ1n) is 7.38. The van der Waals surface area contributed by atoms with Gasteiger partial charge in [-0.25, -0.2) is 4.68 Å². The number of hydrogen-bond acceptors (Lipinski definition) is 5. The van der Waals surface area contributed by atoms with E-state index < -0.39 is 0 Å². The van der Waals surface area contributed by atoms with Gasteiger partial charge in [0.1, 0.15) is 0 Å². The molecule has 2 aromatic rings. The van der Waals surface area contributed by atoms with E-state index >= 15 is 0 Å². The molecule has 1 fully saturated rings. The van der Waals surface area contributed by atoms with Crippen LogP contribution >= 0.6 is 11.6 Å². The molecule has 3 rings (SSSR count). The number of hydrogen-bond donors (Lipinski definition) is 0. The van der Waals surface area contributed by atoms with E-state index in [9.17, 15) is 0 Å². The standard InChI is InChI=1S/C14H19ClN6/c1-20(11-7-4-2-3-5-8-11)13-17-12(15)18-14(19-13)21-10-6-9-16-21/h6,9-11H,2-5,7-8H2,1H3. The highest BCUT2D eigenvalue weighted by Crippen LogP contribution is 2.24. The van der Waals surface area contributed by atoms with Crippen LogP contribution in [-0.2, 0) is 0 Å².